The first-order chi connectivity index (χ1) is 12.1. The average Bonchev–Trinajstić information content (AvgIpc) is 2.94. The van der Waals surface area contributed by atoms with Crippen molar-refractivity contribution in [2.24, 2.45) is 5.41 Å². The minimum absolute atomic E-state index is 0.0702. The zero-order valence-electron chi connectivity index (χ0n) is 13.6. The van der Waals surface area contributed by atoms with Gasteiger partial charge in [0.05, 0.1) is 0 Å². The molecule has 2 aromatic rings. The number of amides is 2. The van der Waals surface area contributed by atoms with Gasteiger partial charge in [0.1, 0.15) is 11.2 Å². The predicted molar refractivity (Wildman–Crippen MR) is 91.3 cm³/mol. The van der Waals surface area contributed by atoms with Crippen molar-refractivity contribution >= 4 is 17.6 Å². The molecular formula is C20H18N2O3. The van der Waals surface area contributed by atoms with E-state index in [4.69, 9.17) is 0 Å². The minimum atomic E-state index is -1.31. The number of carbonyl (C=O) groups excluding carboxylic acids is 3. The smallest absolute Gasteiger partial charge is 0.255 e. The van der Waals surface area contributed by atoms with Crippen LogP contribution in [0.15, 0.2) is 60.7 Å². The third-order valence-corrected chi connectivity index (χ3v) is 5.41. The van der Waals surface area contributed by atoms with Gasteiger partial charge in [0.2, 0.25) is 0 Å². The summed E-state index contributed by atoms with van der Waals surface area (Å²) in [5, 5.41) is 0. The lowest BCUT2D eigenvalue weighted by Crippen LogP contribution is -2.50. The van der Waals surface area contributed by atoms with Crippen molar-refractivity contribution in [1.29, 1.82) is 0 Å². The van der Waals surface area contributed by atoms with Crippen LogP contribution in [0.3, 0.4) is 0 Å². The zero-order valence-corrected chi connectivity index (χ0v) is 13.6. The van der Waals surface area contributed by atoms with Gasteiger partial charge in [0, 0.05) is 24.7 Å². The van der Waals surface area contributed by atoms with Crippen LogP contribution in [0.25, 0.3) is 0 Å². The molecular weight excluding hydrogens is 316 g/mol. The van der Waals surface area contributed by atoms with Crippen LogP contribution in [0.2, 0.25) is 0 Å². The van der Waals surface area contributed by atoms with Crippen molar-refractivity contribution in [3.05, 3.63) is 71.8 Å². The highest BCUT2D eigenvalue weighted by molar-refractivity contribution is 6.13. The highest BCUT2D eigenvalue weighted by Crippen LogP contribution is 2.55. The molecule has 126 valence electrons. The van der Waals surface area contributed by atoms with Gasteiger partial charge in [-0.2, -0.15) is 0 Å². The molecule has 2 aliphatic rings. The van der Waals surface area contributed by atoms with E-state index in [1.807, 2.05) is 60.7 Å². The molecule has 0 bridgehead atoms. The Morgan fingerprint density at radius 2 is 1.08 bits per heavy atom. The molecule has 1 aliphatic carbocycles. The lowest BCUT2D eigenvalue weighted by Gasteiger charge is -2.42. The van der Waals surface area contributed by atoms with Gasteiger partial charge < -0.3 is 0 Å². The summed E-state index contributed by atoms with van der Waals surface area (Å²) < 4.78 is 0. The van der Waals surface area contributed by atoms with Crippen molar-refractivity contribution in [2.45, 2.75) is 24.7 Å². The largest absolute Gasteiger partial charge is 0.300 e. The van der Waals surface area contributed by atoms with E-state index < -0.39 is 17.3 Å². The molecule has 2 unspecified atom stereocenters. The van der Waals surface area contributed by atoms with Crippen LogP contribution >= 0.6 is 0 Å². The zero-order chi connectivity index (χ0) is 17.4. The van der Waals surface area contributed by atoms with Crippen molar-refractivity contribution in [2.75, 3.05) is 0 Å². The summed E-state index contributed by atoms with van der Waals surface area (Å²) in [5.41, 5.74) is 5.35. The highest BCUT2D eigenvalue weighted by atomic mass is 16.2. The Hall–Kier alpha value is -2.95. The lowest BCUT2D eigenvalue weighted by molar-refractivity contribution is -0.143. The fourth-order valence-electron chi connectivity index (χ4n) is 4.29. The van der Waals surface area contributed by atoms with Crippen LogP contribution in [0, 0.1) is 5.41 Å². The molecule has 2 amide bonds. The predicted octanol–water partition coefficient (Wildman–Crippen LogP) is 2.06. The maximum atomic E-state index is 12.9. The van der Waals surface area contributed by atoms with E-state index >= 15 is 0 Å². The van der Waals surface area contributed by atoms with E-state index in [0.717, 1.165) is 11.1 Å². The van der Waals surface area contributed by atoms with Gasteiger partial charge in [-0.15, -0.1) is 0 Å². The Bertz CT molecular complexity index is 763. The summed E-state index contributed by atoms with van der Waals surface area (Å²) in [7, 11) is 0. The first kappa shape index (κ1) is 15.6. The second-order valence-electron chi connectivity index (χ2n) is 6.65. The number of hydrogen-bond acceptors (Lipinski definition) is 3. The quantitative estimate of drug-likeness (QED) is 0.826. The Labute approximate surface area is 145 Å². The van der Waals surface area contributed by atoms with Crippen molar-refractivity contribution < 1.29 is 14.4 Å². The summed E-state index contributed by atoms with van der Waals surface area (Å²) in [4.78, 5) is 38.4. The van der Waals surface area contributed by atoms with Crippen LogP contribution in [-0.4, -0.2) is 17.6 Å². The Morgan fingerprint density at radius 1 is 0.680 bits per heavy atom. The van der Waals surface area contributed by atoms with Gasteiger partial charge in [0.15, 0.2) is 0 Å². The Balaban J connectivity index is 1.93. The van der Waals surface area contributed by atoms with Gasteiger partial charge in [-0.1, -0.05) is 60.7 Å². The number of hydrogen-bond donors (Lipinski definition) is 2. The molecule has 2 aromatic carbocycles. The molecule has 1 aliphatic heterocycles. The van der Waals surface area contributed by atoms with E-state index in [1.165, 1.54) is 0 Å². The maximum Gasteiger partial charge on any atom is 0.255 e. The average molecular weight is 334 g/mol. The van der Waals surface area contributed by atoms with E-state index in [0.29, 0.717) is 0 Å². The van der Waals surface area contributed by atoms with Crippen LogP contribution < -0.4 is 10.9 Å². The van der Waals surface area contributed by atoms with Gasteiger partial charge in [-0.3, -0.25) is 25.2 Å². The van der Waals surface area contributed by atoms with E-state index in [2.05, 4.69) is 10.9 Å². The molecule has 5 heteroatoms. The number of hydrazine groups is 1. The first-order valence-corrected chi connectivity index (χ1v) is 8.36. The topological polar surface area (TPSA) is 75.3 Å². The molecule has 2 fully saturated rings. The standard InChI is InChI=1S/C20H18N2O3/c23-15-11-16(13-7-3-1-4-8-13)20(18(24)21-22-19(20)25)17(12-15)14-9-5-2-6-10-14/h1-10,16-17H,11-12H2,(H,21,24)(H,22,25). The second-order valence-corrected chi connectivity index (χ2v) is 6.65. The van der Waals surface area contributed by atoms with E-state index in [-0.39, 0.29) is 30.4 Å². The van der Waals surface area contributed by atoms with E-state index in [1.54, 1.807) is 0 Å². The molecule has 2 N–H and O–H groups in total. The normalized spacial score (nSPS) is 24.9. The van der Waals surface area contributed by atoms with Crippen LogP contribution in [0.1, 0.15) is 35.8 Å². The van der Waals surface area contributed by atoms with Gasteiger partial charge in [-0.25, -0.2) is 0 Å². The number of benzene rings is 2. The van der Waals surface area contributed by atoms with Crippen molar-refractivity contribution in [3.63, 3.8) is 0 Å². The molecule has 1 saturated carbocycles. The van der Waals surface area contributed by atoms with Crippen LogP contribution in [-0.2, 0) is 14.4 Å². The molecule has 0 radical (unpaired) electrons. The molecule has 1 heterocycles. The molecule has 0 aromatic heterocycles. The summed E-state index contributed by atoms with van der Waals surface area (Å²) in [6.07, 6.45) is 0.377. The summed E-state index contributed by atoms with van der Waals surface area (Å²) in [5.74, 6) is -1.61. The highest BCUT2D eigenvalue weighted by Gasteiger charge is 2.63. The molecule has 1 spiro atoms. The summed E-state index contributed by atoms with van der Waals surface area (Å²) >= 11 is 0. The fourth-order valence-corrected chi connectivity index (χ4v) is 4.29. The molecule has 2 atom stereocenters. The molecule has 5 nitrogen and oxygen atoms in total. The van der Waals surface area contributed by atoms with Gasteiger partial charge in [-0.05, 0) is 11.1 Å². The molecule has 1 saturated heterocycles. The number of ketones is 1. The fraction of sp³-hybridized carbons (Fsp3) is 0.250. The SMILES string of the molecule is O=C1CC(c2ccccc2)C2(C(=O)NNC2=O)C(c2ccccc2)C1. The lowest BCUT2D eigenvalue weighted by atomic mass is 9.55. The molecule has 4 rings (SSSR count). The summed E-state index contributed by atoms with van der Waals surface area (Å²) in [6.45, 7) is 0. The maximum absolute atomic E-state index is 12.9. The number of nitrogens with one attached hydrogen (secondary N) is 2. The Kier molecular flexibility index (Phi) is 3.64. The Morgan fingerprint density at radius 3 is 1.48 bits per heavy atom. The molecule has 25 heavy (non-hydrogen) atoms. The van der Waals surface area contributed by atoms with Crippen LogP contribution in [0.4, 0.5) is 0 Å². The third-order valence-electron chi connectivity index (χ3n) is 5.41. The summed E-state index contributed by atoms with van der Waals surface area (Å²) in [6, 6.07) is 18.7. The third kappa shape index (κ3) is 2.27. The van der Waals surface area contributed by atoms with E-state index in [9.17, 15) is 14.4 Å². The minimum Gasteiger partial charge on any atom is -0.300 e. The number of rotatable bonds is 2. The first-order valence-electron chi connectivity index (χ1n) is 8.36. The van der Waals surface area contributed by atoms with Crippen LogP contribution in [0.5, 0.6) is 0 Å². The monoisotopic (exact) mass is 334 g/mol. The van der Waals surface area contributed by atoms with Crippen molar-refractivity contribution in [3.8, 4) is 0 Å². The number of Topliss-reactive ketones (excluding diaryl/α,β-unsaturated/α-hetero) is 1. The van der Waals surface area contributed by atoms with Crippen molar-refractivity contribution in [1.82, 2.24) is 10.9 Å². The van der Waals surface area contributed by atoms with Gasteiger partial charge >= 0.3 is 0 Å². The van der Waals surface area contributed by atoms with Gasteiger partial charge in [0.25, 0.3) is 11.8 Å². The number of carbonyl (C=O) groups is 3. The second kappa shape index (κ2) is 5.84.